The molecule has 2 aromatic rings. The predicted molar refractivity (Wildman–Crippen MR) is 86.9 cm³/mol. The first-order valence-corrected chi connectivity index (χ1v) is 7.85. The number of nitrogens with one attached hydrogen (secondary N) is 1. The SMILES string of the molecule is CCOc1cc(C2CC(=O)Nc3cc4c(cc32)OCO4)ccc1O. The summed E-state index contributed by atoms with van der Waals surface area (Å²) in [6, 6.07) is 8.91. The summed E-state index contributed by atoms with van der Waals surface area (Å²) < 4.78 is 16.3. The number of carbonyl (C=O) groups is 1. The second-order valence-corrected chi connectivity index (χ2v) is 5.76. The number of amides is 1. The van der Waals surface area contributed by atoms with Gasteiger partial charge in [-0.1, -0.05) is 6.07 Å². The van der Waals surface area contributed by atoms with Gasteiger partial charge in [0.05, 0.1) is 6.61 Å². The van der Waals surface area contributed by atoms with Crippen LogP contribution in [0.5, 0.6) is 23.0 Å². The molecule has 2 aliphatic heterocycles. The monoisotopic (exact) mass is 327 g/mol. The number of rotatable bonds is 3. The van der Waals surface area contributed by atoms with E-state index in [2.05, 4.69) is 5.32 Å². The largest absolute Gasteiger partial charge is 0.504 e. The third kappa shape index (κ3) is 2.40. The number of fused-ring (bicyclic) bond motifs is 2. The summed E-state index contributed by atoms with van der Waals surface area (Å²) in [5.74, 6) is 1.63. The Balaban J connectivity index is 1.79. The van der Waals surface area contributed by atoms with Gasteiger partial charge in [0.1, 0.15) is 0 Å². The highest BCUT2D eigenvalue weighted by molar-refractivity contribution is 5.96. The van der Waals surface area contributed by atoms with Crippen molar-refractivity contribution in [3.63, 3.8) is 0 Å². The summed E-state index contributed by atoms with van der Waals surface area (Å²) in [5, 5.41) is 12.8. The van der Waals surface area contributed by atoms with Gasteiger partial charge in [-0.3, -0.25) is 4.79 Å². The van der Waals surface area contributed by atoms with Gasteiger partial charge >= 0.3 is 0 Å². The van der Waals surface area contributed by atoms with Crippen molar-refractivity contribution in [2.24, 2.45) is 0 Å². The normalized spacial score (nSPS) is 18.0. The standard InChI is InChI=1S/C18H17NO5/c1-2-22-15-5-10(3-4-14(15)20)11-7-18(21)19-13-8-17-16(6-12(11)13)23-9-24-17/h3-6,8,11,20H,2,7,9H2,1H3,(H,19,21). The molecule has 1 atom stereocenters. The van der Waals surface area contributed by atoms with Crippen LogP contribution in [0.4, 0.5) is 5.69 Å². The molecule has 0 aliphatic carbocycles. The van der Waals surface area contributed by atoms with Crippen molar-refractivity contribution in [1.29, 1.82) is 0 Å². The number of ether oxygens (including phenoxy) is 3. The van der Waals surface area contributed by atoms with Crippen LogP contribution in [0.3, 0.4) is 0 Å². The van der Waals surface area contributed by atoms with Gasteiger partial charge in [-0.05, 0) is 36.2 Å². The first kappa shape index (κ1) is 14.7. The van der Waals surface area contributed by atoms with Gasteiger partial charge in [0.25, 0.3) is 0 Å². The van der Waals surface area contributed by atoms with Crippen molar-refractivity contribution in [2.45, 2.75) is 19.3 Å². The average Bonchev–Trinajstić information content (AvgIpc) is 3.01. The minimum absolute atomic E-state index is 0.0580. The molecule has 24 heavy (non-hydrogen) atoms. The van der Waals surface area contributed by atoms with Crippen molar-refractivity contribution >= 4 is 11.6 Å². The lowest BCUT2D eigenvalue weighted by atomic mass is 9.84. The summed E-state index contributed by atoms with van der Waals surface area (Å²) in [6.45, 7) is 2.50. The van der Waals surface area contributed by atoms with Gasteiger partial charge in [0, 0.05) is 24.1 Å². The molecule has 6 nitrogen and oxygen atoms in total. The van der Waals surface area contributed by atoms with E-state index in [4.69, 9.17) is 14.2 Å². The smallest absolute Gasteiger partial charge is 0.231 e. The van der Waals surface area contributed by atoms with Crippen molar-refractivity contribution in [2.75, 3.05) is 18.7 Å². The van der Waals surface area contributed by atoms with Crippen LogP contribution in [-0.4, -0.2) is 24.4 Å². The molecular formula is C18H17NO5. The number of carbonyl (C=O) groups excluding carboxylic acids is 1. The number of hydrogen-bond acceptors (Lipinski definition) is 5. The second-order valence-electron chi connectivity index (χ2n) is 5.76. The van der Waals surface area contributed by atoms with Gasteiger partial charge in [-0.15, -0.1) is 0 Å². The van der Waals surface area contributed by atoms with E-state index in [-0.39, 0.29) is 24.4 Å². The van der Waals surface area contributed by atoms with Crippen LogP contribution >= 0.6 is 0 Å². The lowest BCUT2D eigenvalue weighted by Crippen LogP contribution is -2.23. The Morgan fingerprint density at radius 3 is 2.83 bits per heavy atom. The molecule has 1 unspecified atom stereocenters. The summed E-state index contributed by atoms with van der Waals surface area (Å²) in [4.78, 5) is 12.1. The van der Waals surface area contributed by atoms with Crippen molar-refractivity contribution < 1.29 is 24.1 Å². The van der Waals surface area contributed by atoms with Crippen LogP contribution < -0.4 is 19.5 Å². The molecule has 0 radical (unpaired) electrons. The molecule has 2 heterocycles. The van der Waals surface area contributed by atoms with E-state index in [1.54, 1.807) is 18.2 Å². The molecule has 0 fully saturated rings. The summed E-state index contributed by atoms with van der Waals surface area (Å²) >= 11 is 0. The summed E-state index contributed by atoms with van der Waals surface area (Å²) in [6.07, 6.45) is 0.322. The maximum atomic E-state index is 12.1. The molecule has 0 saturated carbocycles. The van der Waals surface area contributed by atoms with E-state index in [1.165, 1.54) is 0 Å². The molecular weight excluding hydrogens is 310 g/mol. The Morgan fingerprint density at radius 2 is 2.04 bits per heavy atom. The zero-order valence-corrected chi connectivity index (χ0v) is 13.2. The Labute approximate surface area is 139 Å². The minimum atomic E-state index is -0.136. The van der Waals surface area contributed by atoms with Gasteiger partial charge in [0.2, 0.25) is 12.7 Å². The van der Waals surface area contributed by atoms with E-state index in [1.807, 2.05) is 19.1 Å². The number of phenolic OH excluding ortho intramolecular Hbond substituents is 1. The lowest BCUT2D eigenvalue weighted by molar-refractivity contribution is -0.116. The van der Waals surface area contributed by atoms with E-state index in [9.17, 15) is 9.90 Å². The molecule has 1 amide bonds. The zero-order chi connectivity index (χ0) is 16.7. The number of phenols is 1. The van der Waals surface area contributed by atoms with E-state index in [0.717, 1.165) is 16.8 Å². The van der Waals surface area contributed by atoms with Crippen LogP contribution in [0.1, 0.15) is 30.4 Å². The highest BCUT2D eigenvalue weighted by Gasteiger charge is 2.30. The lowest BCUT2D eigenvalue weighted by Gasteiger charge is -2.26. The summed E-state index contributed by atoms with van der Waals surface area (Å²) in [5.41, 5.74) is 2.60. The molecule has 6 heteroatoms. The summed E-state index contributed by atoms with van der Waals surface area (Å²) in [7, 11) is 0. The van der Waals surface area contributed by atoms with Crippen molar-refractivity contribution in [3.8, 4) is 23.0 Å². The average molecular weight is 327 g/mol. The third-order valence-corrected chi connectivity index (χ3v) is 4.27. The van der Waals surface area contributed by atoms with Crippen LogP contribution in [0.2, 0.25) is 0 Å². The highest BCUT2D eigenvalue weighted by Crippen LogP contribution is 2.45. The fraction of sp³-hybridized carbons (Fsp3) is 0.278. The van der Waals surface area contributed by atoms with Crippen LogP contribution in [0.25, 0.3) is 0 Å². The molecule has 2 aromatic carbocycles. The number of anilines is 1. The molecule has 0 aromatic heterocycles. The molecule has 124 valence electrons. The highest BCUT2D eigenvalue weighted by atomic mass is 16.7. The molecule has 4 rings (SSSR count). The number of aromatic hydroxyl groups is 1. The van der Waals surface area contributed by atoms with Gasteiger partial charge in [-0.2, -0.15) is 0 Å². The fourth-order valence-electron chi connectivity index (χ4n) is 3.17. The topological polar surface area (TPSA) is 77.0 Å². The first-order valence-electron chi connectivity index (χ1n) is 7.85. The zero-order valence-electron chi connectivity index (χ0n) is 13.2. The Hall–Kier alpha value is -2.89. The molecule has 0 saturated heterocycles. The predicted octanol–water partition coefficient (Wildman–Crippen LogP) is 2.99. The van der Waals surface area contributed by atoms with Gasteiger partial charge in [-0.25, -0.2) is 0 Å². The van der Waals surface area contributed by atoms with E-state index >= 15 is 0 Å². The number of hydrogen-bond donors (Lipinski definition) is 2. The van der Waals surface area contributed by atoms with Crippen molar-refractivity contribution in [3.05, 3.63) is 41.5 Å². The van der Waals surface area contributed by atoms with E-state index < -0.39 is 0 Å². The Morgan fingerprint density at radius 1 is 1.25 bits per heavy atom. The molecule has 2 N–H and O–H groups in total. The Kier molecular flexibility index (Phi) is 3.45. The molecule has 0 bridgehead atoms. The maximum absolute atomic E-state index is 12.1. The molecule has 2 aliphatic rings. The minimum Gasteiger partial charge on any atom is -0.504 e. The van der Waals surface area contributed by atoms with Crippen LogP contribution in [-0.2, 0) is 4.79 Å². The van der Waals surface area contributed by atoms with E-state index in [0.29, 0.717) is 30.3 Å². The van der Waals surface area contributed by atoms with Crippen LogP contribution in [0, 0.1) is 0 Å². The van der Waals surface area contributed by atoms with Gasteiger partial charge < -0.3 is 24.6 Å². The maximum Gasteiger partial charge on any atom is 0.231 e. The number of benzene rings is 2. The van der Waals surface area contributed by atoms with Crippen molar-refractivity contribution in [1.82, 2.24) is 0 Å². The van der Waals surface area contributed by atoms with Crippen LogP contribution in [0.15, 0.2) is 30.3 Å². The third-order valence-electron chi connectivity index (χ3n) is 4.27. The van der Waals surface area contributed by atoms with Gasteiger partial charge in [0.15, 0.2) is 23.0 Å². The second kappa shape index (κ2) is 5.63. The molecule has 0 spiro atoms. The quantitative estimate of drug-likeness (QED) is 0.906. The first-order chi connectivity index (χ1) is 11.7. The fourth-order valence-corrected chi connectivity index (χ4v) is 3.17. The Bertz CT molecular complexity index is 817.